The van der Waals surface area contributed by atoms with E-state index in [1.54, 1.807) is 0 Å². The smallest absolute Gasteiger partial charge is 0.0619 e. The van der Waals surface area contributed by atoms with E-state index in [9.17, 15) is 0 Å². The highest BCUT2D eigenvalue weighted by molar-refractivity contribution is 5.59. The Kier molecular flexibility index (Phi) is 3.23. The quantitative estimate of drug-likeness (QED) is 0.916. The second-order valence-electron chi connectivity index (χ2n) is 6.70. The van der Waals surface area contributed by atoms with Crippen LogP contribution in [0.5, 0.6) is 0 Å². The van der Waals surface area contributed by atoms with Gasteiger partial charge in [-0.1, -0.05) is 49.4 Å². The van der Waals surface area contributed by atoms with Gasteiger partial charge in [0.05, 0.1) is 11.6 Å². The van der Waals surface area contributed by atoms with Crippen molar-refractivity contribution >= 4 is 5.69 Å². The van der Waals surface area contributed by atoms with E-state index in [1.807, 2.05) is 0 Å². The van der Waals surface area contributed by atoms with Gasteiger partial charge in [0.1, 0.15) is 0 Å². The van der Waals surface area contributed by atoms with Crippen molar-refractivity contribution in [1.29, 1.82) is 0 Å². The van der Waals surface area contributed by atoms with Crippen molar-refractivity contribution in [3.8, 4) is 0 Å². The van der Waals surface area contributed by atoms with E-state index in [0.717, 1.165) is 19.4 Å². The van der Waals surface area contributed by atoms with Crippen molar-refractivity contribution in [3.63, 3.8) is 0 Å². The SMILES string of the molecule is CCC1(N)c2ccccc2CC1N1CCCc2ccccc21. The van der Waals surface area contributed by atoms with Gasteiger partial charge in [0, 0.05) is 12.2 Å². The highest BCUT2D eigenvalue weighted by Gasteiger charge is 2.46. The van der Waals surface area contributed by atoms with Gasteiger partial charge in [0.2, 0.25) is 0 Å². The number of aryl methyl sites for hydroxylation is 1. The first-order valence-electron chi connectivity index (χ1n) is 8.46. The van der Waals surface area contributed by atoms with Crippen LogP contribution in [0.25, 0.3) is 0 Å². The number of fused-ring (bicyclic) bond motifs is 2. The molecule has 0 fully saturated rings. The largest absolute Gasteiger partial charge is 0.366 e. The first kappa shape index (κ1) is 13.8. The second kappa shape index (κ2) is 5.13. The van der Waals surface area contributed by atoms with Gasteiger partial charge < -0.3 is 10.6 Å². The Morgan fingerprint density at radius 3 is 2.64 bits per heavy atom. The summed E-state index contributed by atoms with van der Waals surface area (Å²) in [5, 5.41) is 0. The minimum atomic E-state index is -0.235. The van der Waals surface area contributed by atoms with Gasteiger partial charge in [0.15, 0.2) is 0 Å². The lowest BCUT2D eigenvalue weighted by molar-refractivity contribution is 0.344. The van der Waals surface area contributed by atoms with Gasteiger partial charge in [-0.25, -0.2) is 0 Å². The topological polar surface area (TPSA) is 29.3 Å². The third-order valence-corrected chi connectivity index (χ3v) is 5.63. The fourth-order valence-electron chi connectivity index (χ4n) is 4.42. The van der Waals surface area contributed by atoms with Crippen molar-refractivity contribution in [2.24, 2.45) is 5.73 Å². The molecule has 2 N–H and O–H groups in total. The number of anilines is 1. The maximum Gasteiger partial charge on any atom is 0.0619 e. The fourth-order valence-corrected chi connectivity index (χ4v) is 4.42. The van der Waals surface area contributed by atoms with E-state index in [2.05, 4.69) is 60.4 Å². The molecule has 0 spiro atoms. The first-order chi connectivity index (χ1) is 10.7. The summed E-state index contributed by atoms with van der Waals surface area (Å²) >= 11 is 0. The van der Waals surface area contributed by atoms with Gasteiger partial charge in [-0.05, 0) is 48.4 Å². The standard InChI is InChI=1S/C20H24N2/c1-2-20(21)17-11-5-3-9-16(17)14-19(20)22-13-7-10-15-8-4-6-12-18(15)22/h3-6,8-9,11-12,19H,2,7,10,13-14,21H2,1H3. The molecule has 0 amide bonds. The molecule has 114 valence electrons. The molecule has 2 unspecified atom stereocenters. The first-order valence-corrected chi connectivity index (χ1v) is 8.46. The van der Waals surface area contributed by atoms with E-state index >= 15 is 0 Å². The summed E-state index contributed by atoms with van der Waals surface area (Å²) in [6.07, 6.45) is 4.46. The molecule has 0 saturated carbocycles. The number of hydrogen-bond acceptors (Lipinski definition) is 2. The van der Waals surface area contributed by atoms with Gasteiger partial charge in [-0.3, -0.25) is 0 Å². The third kappa shape index (κ3) is 1.90. The van der Waals surface area contributed by atoms with Crippen molar-refractivity contribution < 1.29 is 0 Å². The molecule has 2 aromatic carbocycles. The monoisotopic (exact) mass is 292 g/mol. The van der Waals surface area contributed by atoms with Crippen molar-refractivity contribution in [2.75, 3.05) is 11.4 Å². The number of para-hydroxylation sites is 1. The number of hydrogen-bond donors (Lipinski definition) is 1. The molecule has 0 saturated heterocycles. The summed E-state index contributed by atoms with van der Waals surface area (Å²) in [5.74, 6) is 0. The maximum absolute atomic E-state index is 6.96. The highest BCUT2D eigenvalue weighted by atomic mass is 15.2. The molecule has 2 aromatic rings. The van der Waals surface area contributed by atoms with Crippen LogP contribution in [-0.4, -0.2) is 12.6 Å². The van der Waals surface area contributed by atoms with Crippen LogP contribution in [0, 0.1) is 0 Å². The van der Waals surface area contributed by atoms with Crippen LogP contribution < -0.4 is 10.6 Å². The summed E-state index contributed by atoms with van der Waals surface area (Å²) < 4.78 is 0. The second-order valence-corrected chi connectivity index (χ2v) is 6.70. The fraction of sp³-hybridized carbons (Fsp3) is 0.400. The summed E-state index contributed by atoms with van der Waals surface area (Å²) in [4.78, 5) is 2.59. The molecular weight excluding hydrogens is 268 g/mol. The summed E-state index contributed by atoms with van der Waals surface area (Å²) in [5.41, 5.74) is 12.4. The molecule has 2 atom stereocenters. The van der Waals surface area contributed by atoms with Gasteiger partial charge in [-0.2, -0.15) is 0 Å². The van der Waals surface area contributed by atoms with Crippen LogP contribution in [-0.2, 0) is 18.4 Å². The molecule has 4 rings (SSSR count). The Labute approximate surface area is 132 Å². The van der Waals surface area contributed by atoms with Crippen LogP contribution in [0.4, 0.5) is 5.69 Å². The molecule has 2 heteroatoms. The normalized spacial score (nSPS) is 26.6. The Morgan fingerprint density at radius 2 is 1.82 bits per heavy atom. The van der Waals surface area contributed by atoms with E-state index < -0.39 is 0 Å². The zero-order valence-corrected chi connectivity index (χ0v) is 13.3. The van der Waals surface area contributed by atoms with Crippen molar-refractivity contribution in [3.05, 3.63) is 65.2 Å². The summed E-state index contributed by atoms with van der Waals surface area (Å²) in [7, 11) is 0. The summed E-state index contributed by atoms with van der Waals surface area (Å²) in [6, 6.07) is 18.0. The molecule has 0 radical (unpaired) electrons. The maximum atomic E-state index is 6.96. The average Bonchev–Trinajstić information content (AvgIpc) is 2.88. The predicted octanol–water partition coefficient (Wildman–Crippen LogP) is 3.63. The molecule has 1 aliphatic heterocycles. The Hall–Kier alpha value is -1.80. The van der Waals surface area contributed by atoms with Gasteiger partial charge in [0.25, 0.3) is 0 Å². The zero-order chi connectivity index (χ0) is 15.2. The molecule has 0 aromatic heterocycles. The number of rotatable bonds is 2. The third-order valence-electron chi connectivity index (χ3n) is 5.63. The molecule has 1 aliphatic carbocycles. The van der Waals surface area contributed by atoms with E-state index in [-0.39, 0.29) is 5.54 Å². The Bertz CT molecular complexity index is 694. The molecule has 1 heterocycles. The van der Waals surface area contributed by atoms with Gasteiger partial charge in [-0.15, -0.1) is 0 Å². The number of benzene rings is 2. The van der Waals surface area contributed by atoms with Crippen LogP contribution in [0.3, 0.4) is 0 Å². The number of nitrogens with zero attached hydrogens (tertiary/aromatic N) is 1. The van der Waals surface area contributed by atoms with Crippen LogP contribution in [0.2, 0.25) is 0 Å². The van der Waals surface area contributed by atoms with Crippen molar-refractivity contribution in [1.82, 2.24) is 0 Å². The van der Waals surface area contributed by atoms with E-state index in [0.29, 0.717) is 6.04 Å². The zero-order valence-electron chi connectivity index (χ0n) is 13.3. The molecular formula is C20H24N2. The molecule has 22 heavy (non-hydrogen) atoms. The van der Waals surface area contributed by atoms with Crippen LogP contribution >= 0.6 is 0 Å². The average molecular weight is 292 g/mol. The van der Waals surface area contributed by atoms with Crippen LogP contribution in [0.15, 0.2) is 48.5 Å². The molecule has 2 nitrogen and oxygen atoms in total. The summed E-state index contributed by atoms with van der Waals surface area (Å²) in [6.45, 7) is 3.35. The van der Waals surface area contributed by atoms with Crippen LogP contribution in [0.1, 0.15) is 36.5 Å². The highest BCUT2D eigenvalue weighted by Crippen LogP contribution is 2.43. The minimum Gasteiger partial charge on any atom is -0.366 e. The molecule has 0 bridgehead atoms. The van der Waals surface area contributed by atoms with E-state index in [4.69, 9.17) is 5.73 Å². The Balaban J connectivity index is 1.79. The lowest BCUT2D eigenvalue weighted by Crippen LogP contribution is -2.55. The van der Waals surface area contributed by atoms with Gasteiger partial charge >= 0.3 is 0 Å². The lowest BCUT2D eigenvalue weighted by atomic mass is 9.84. The lowest BCUT2D eigenvalue weighted by Gasteiger charge is -2.43. The predicted molar refractivity (Wildman–Crippen MR) is 92.2 cm³/mol. The Morgan fingerprint density at radius 1 is 1.09 bits per heavy atom. The van der Waals surface area contributed by atoms with E-state index in [1.165, 1.54) is 35.2 Å². The van der Waals surface area contributed by atoms with Crippen molar-refractivity contribution in [2.45, 2.75) is 44.2 Å². The molecule has 2 aliphatic rings. The number of nitrogens with two attached hydrogens (primary N) is 1. The minimum absolute atomic E-state index is 0.235.